The standard InChI is InChI=1S/C24H25ClF4N4O3/c1-4-31-20(12-34)30-33(23(31)35)16-10-15-8-9-32(13(2)21-17(25)6-5-7-18(21)26)22(15)19(11-16)36-14(3)24(27,28)29/h5-7,10-11,13-14,34H,4,8-9,12H2,1-3H3. The lowest BCUT2D eigenvalue weighted by Gasteiger charge is -2.31. The zero-order chi connectivity index (χ0) is 26.4. The first kappa shape index (κ1) is 26.0. The van der Waals surface area contributed by atoms with Gasteiger partial charge in [-0.25, -0.2) is 9.18 Å². The molecule has 2 aromatic carbocycles. The van der Waals surface area contributed by atoms with E-state index in [-0.39, 0.29) is 34.4 Å². The number of rotatable bonds is 7. The molecule has 0 fully saturated rings. The zero-order valence-corrected chi connectivity index (χ0v) is 20.6. The van der Waals surface area contributed by atoms with Gasteiger partial charge in [0.15, 0.2) is 11.9 Å². The van der Waals surface area contributed by atoms with Crippen molar-refractivity contribution in [3.8, 4) is 11.4 Å². The Morgan fingerprint density at radius 3 is 2.56 bits per heavy atom. The van der Waals surface area contributed by atoms with Crippen molar-refractivity contribution in [2.45, 2.75) is 58.7 Å². The Morgan fingerprint density at radius 2 is 1.97 bits per heavy atom. The second-order valence-electron chi connectivity index (χ2n) is 8.52. The number of hydrogen-bond acceptors (Lipinski definition) is 5. The quantitative estimate of drug-likeness (QED) is 0.446. The number of fused-ring (bicyclic) bond motifs is 1. The minimum atomic E-state index is -4.64. The Morgan fingerprint density at radius 1 is 1.25 bits per heavy atom. The van der Waals surface area contributed by atoms with Crippen LogP contribution in [-0.2, 0) is 19.6 Å². The molecule has 1 aliphatic rings. The molecule has 0 saturated carbocycles. The molecular weight excluding hydrogens is 504 g/mol. The summed E-state index contributed by atoms with van der Waals surface area (Å²) in [5, 5.41) is 13.9. The van der Waals surface area contributed by atoms with Crippen LogP contribution >= 0.6 is 11.6 Å². The van der Waals surface area contributed by atoms with Gasteiger partial charge in [-0.3, -0.25) is 4.57 Å². The van der Waals surface area contributed by atoms with Gasteiger partial charge in [0.1, 0.15) is 18.2 Å². The highest BCUT2D eigenvalue weighted by atomic mass is 35.5. The summed E-state index contributed by atoms with van der Waals surface area (Å²) in [4.78, 5) is 14.6. The average Bonchev–Trinajstić information content (AvgIpc) is 3.38. The van der Waals surface area contributed by atoms with Crippen LogP contribution in [0.1, 0.15) is 43.8 Å². The Bertz CT molecular complexity index is 1320. The molecule has 1 N–H and O–H groups in total. The Labute approximate surface area is 209 Å². The van der Waals surface area contributed by atoms with E-state index in [9.17, 15) is 27.5 Å². The van der Waals surface area contributed by atoms with Crippen LogP contribution in [0.2, 0.25) is 5.02 Å². The molecule has 3 aromatic rings. The second-order valence-corrected chi connectivity index (χ2v) is 8.93. The normalized spacial score (nSPS) is 15.2. The van der Waals surface area contributed by atoms with E-state index < -0.39 is 36.4 Å². The fourth-order valence-electron chi connectivity index (χ4n) is 4.48. The molecule has 0 spiro atoms. The summed E-state index contributed by atoms with van der Waals surface area (Å²) in [6.45, 7) is 4.44. The van der Waals surface area contributed by atoms with Crippen molar-refractivity contribution >= 4 is 17.3 Å². The molecule has 0 radical (unpaired) electrons. The largest absolute Gasteiger partial charge is 0.479 e. The third kappa shape index (κ3) is 4.57. The molecule has 12 heteroatoms. The van der Waals surface area contributed by atoms with Gasteiger partial charge >= 0.3 is 11.9 Å². The van der Waals surface area contributed by atoms with Crippen molar-refractivity contribution < 1.29 is 27.4 Å². The summed E-state index contributed by atoms with van der Waals surface area (Å²) >= 11 is 6.27. The summed E-state index contributed by atoms with van der Waals surface area (Å²) in [5.41, 5.74) is 0.851. The fourth-order valence-corrected chi connectivity index (χ4v) is 4.80. The lowest BCUT2D eigenvalue weighted by Crippen LogP contribution is -2.32. The van der Waals surface area contributed by atoms with Crippen LogP contribution < -0.4 is 15.3 Å². The van der Waals surface area contributed by atoms with E-state index in [0.717, 1.165) is 11.6 Å². The van der Waals surface area contributed by atoms with Crippen molar-refractivity contribution in [1.29, 1.82) is 0 Å². The smallest absolute Gasteiger partial charge is 0.425 e. The number of nitrogens with zero attached hydrogens (tertiary/aromatic N) is 4. The number of aromatic nitrogens is 3. The van der Waals surface area contributed by atoms with Crippen LogP contribution in [0.4, 0.5) is 23.2 Å². The van der Waals surface area contributed by atoms with E-state index in [1.807, 2.05) is 0 Å². The number of benzene rings is 2. The Hall–Kier alpha value is -3.05. The van der Waals surface area contributed by atoms with Crippen LogP contribution in [0.5, 0.6) is 5.75 Å². The zero-order valence-electron chi connectivity index (χ0n) is 19.8. The highest BCUT2D eigenvalue weighted by Crippen LogP contribution is 2.45. The molecule has 0 aliphatic carbocycles. The van der Waals surface area contributed by atoms with E-state index in [4.69, 9.17) is 16.3 Å². The molecule has 0 bridgehead atoms. The van der Waals surface area contributed by atoms with E-state index >= 15 is 0 Å². The van der Waals surface area contributed by atoms with Crippen LogP contribution in [0.15, 0.2) is 35.1 Å². The lowest BCUT2D eigenvalue weighted by atomic mass is 10.1. The van der Waals surface area contributed by atoms with Gasteiger partial charge in [0.25, 0.3) is 0 Å². The highest BCUT2D eigenvalue weighted by Gasteiger charge is 2.40. The van der Waals surface area contributed by atoms with Gasteiger partial charge in [-0.1, -0.05) is 17.7 Å². The predicted octanol–water partition coefficient (Wildman–Crippen LogP) is 4.79. The molecule has 1 aliphatic heterocycles. The molecule has 0 amide bonds. The third-order valence-corrected chi connectivity index (χ3v) is 6.67. The van der Waals surface area contributed by atoms with Crippen molar-refractivity contribution in [2.75, 3.05) is 11.4 Å². The summed E-state index contributed by atoms with van der Waals surface area (Å²) in [6.07, 6.45) is -6.38. The first-order valence-electron chi connectivity index (χ1n) is 11.4. The number of alkyl halides is 3. The van der Waals surface area contributed by atoms with Crippen LogP contribution in [0.25, 0.3) is 5.69 Å². The first-order valence-corrected chi connectivity index (χ1v) is 11.8. The lowest BCUT2D eigenvalue weighted by molar-refractivity contribution is -0.189. The minimum Gasteiger partial charge on any atom is -0.479 e. The van der Waals surface area contributed by atoms with Gasteiger partial charge in [-0.15, -0.1) is 5.10 Å². The van der Waals surface area contributed by atoms with Crippen molar-refractivity contribution in [3.63, 3.8) is 0 Å². The molecular formula is C24H25ClF4N4O3. The van der Waals surface area contributed by atoms with Gasteiger partial charge < -0.3 is 14.7 Å². The Kier molecular flexibility index (Phi) is 7.07. The first-order chi connectivity index (χ1) is 17.0. The summed E-state index contributed by atoms with van der Waals surface area (Å²) < 4.78 is 62.7. The van der Waals surface area contributed by atoms with Gasteiger partial charge in [-0.2, -0.15) is 17.9 Å². The SMILES string of the molecule is CCn1c(CO)nn(-c2cc3c(c(OC(C)C(F)(F)F)c2)N(C(C)c2c(F)cccc2Cl)CC3)c1=O. The molecule has 2 atom stereocenters. The van der Waals surface area contributed by atoms with Crippen molar-refractivity contribution in [1.82, 2.24) is 14.3 Å². The molecule has 7 nitrogen and oxygen atoms in total. The molecule has 2 unspecified atom stereocenters. The minimum absolute atomic E-state index is 0.118. The van der Waals surface area contributed by atoms with Crippen LogP contribution in [0, 0.1) is 5.82 Å². The topological polar surface area (TPSA) is 72.5 Å². The summed E-state index contributed by atoms with van der Waals surface area (Å²) in [5.74, 6) is -0.523. The monoisotopic (exact) mass is 528 g/mol. The number of hydrogen-bond donors (Lipinski definition) is 1. The molecule has 36 heavy (non-hydrogen) atoms. The Balaban J connectivity index is 1.87. The maximum absolute atomic E-state index is 14.7. The maximum Gasteiger partial charge on any atom is 0.425 e. The second kappa shape index (κ2) is 9.78. The highest BCUT2D eigenvalue weighted by molar-refractivity contribution is 6.31. The van der Waals surface area contributed by atoms with Gasteiger partial charge in [0.05, 0.1) is 17.4 Å². The van der Waals surface area contributed by atoms with E-state index in [0.29, 0.717) is 24.2 Å². The molecule has 1 aromatic heterocycles. The van der Waals surface area contributed by atoms with E-state index in [1.54, 1.807) is 30.9 Å². The number of halogens is 5. The molecule has 194 valence electrons. The van der Waals surface area contributed by atoms with Gasteiger partial charge in [-0.05, 0) is 51.0 Å². The fraction of sp³-hybridized carbons (Fsp3) is 0.417. The average molecular weight is 529 g/mol. The number of anilines is 1. The van der Waals surface area contributed by atoms with Gasteiger partial charge in [0.2, 0.25) is 0 Å². The van der Waals surface area contributed by atoms with Crippen LogP contribution in [0.3, 0.4) is 0 Å². The number of ether oxygens (including phenoxy) is 1. The summed E-state index contributed by atoms with van der Waals surface area (Å²) in [7, 11) is 0. The third-order valence-electron chi connectivity index (χ3n) is 6.34. The number of aliphatic hydroxyl groups is 1. The summed E-state index contributed by atoms with van der Waals surface area (Å²) in [6, 6.07) is 6.64. The van der Waals surface area contributed by atoms with Gasteiger partial charge in [0, 0.05) is 29.7 Å². The van der Waals surface area contributed by atoms with E-state index in [2.05, 4.69) is 5.10 Å². The van der Waals surface area contributed by atoms with Crippen LogP contribution in [-0.4, -0.2) is 38.3 Å². The van der Waals surface area contributed by atoms with E-state index in [1.165, 1.54) is 22.8 Å². The number of aliphatic hydroxyl groups excluding tert-OH is 1. The van der Waals surface area contributed by atoms with Crippen molar-refractivity contribution in [2.24, 2.45) is 0 Å². The van der Waals surface area contributed by atoms with Crippen molar-refractivity contribution in [3.05, 3.63) is 68.6 Å². The predicted molar refractivity (Wildman–Crippen MR) is 126 cm³/mol. The molecule has 2 heterocycles. The molecule has 4 rings (SSSR count). The molecule has 0 saturated heterocycles. The maximum atomic E-state index is 14.7.